The zero-order valence-electron chi connectivity index (χ0n) is 8.41. The third-order valence-corrected chi connectivity index (χ3v) is 3.77. The highest BCUT2D eigenvalue weighted by molar-refractivity contribution is 9.10. The van der Waals surface area contributed by atoms with E-state index in [1.54, 1.807) is 11.3 Å². The van der Waals surface area contributed by atoms with Gasteiger partial charge in [-0.3, -0.25) is 0 Å². The zero-order valence-corrected chi connectivity index (χ0v) is 10.8. The fraction of sp³-hybridized carbons (Fsp3) is 0.200. The van der Waals surface area contributed by atoms with Crippen LogP contribution in [0.1, 0.15) is 5.56 Å². The summed E-state index contributed by atoms with van der Waals surface area (Å²) in [6.45, 7) is 2.01. The monoisotopic (exact) mass is 283 g/mol. The van der Waals surface area contributed by atoms with Crippen LogP contribution in [0.4, 0.5) is 5.95 Å². The molecule has 0 aromatic carbocycles. The van der Waals surface area contributed by atoms with Crippen molar-refractivity contribution >= 4 is 33.2 Å². The first kappa shape index (κ1) is 10.6. The molecule has 2 rings (SSSR count). The third-order valence-electron chi connectivity index (χ3n) is 2.07. The van der Waals surface area contributed by atoms with Crippen LogP contribution in [0.2, 0.25) is 0 Å². The maximum absolute atomic E-state index is 4.45. The Morgan fingerprint density at radius 3 is 2.80 bits per heavy atom. The molecule has 0 aliphatic rings. The van der Waals surface area contributed by atoms with E-state index in [4.69, 9.17) is 0 Å². The Morgan fingerprint density at radius 1 is 1.40 bits per heavy atom. The maximum Gasteiger partial charge on any atom is 0.222 e. The smallest absolute Gasteiger partial charge is 0.222 e. The first-order valence-corrected chi connectivity index (χ1v) is 6.19. The lowest BCUT2D eigenvalue weighted by Gasteiger charge is -2.05. The van der Waals surface area contributed by atoms with E-state index in [-0.39, 0.29) is 0 Å². The summed E-state index contributed by atoms with van der Waals surface area (Å²) in [7, 11) is 1.82. The summed E-state index contributed by atoms with van der Waals surface area (Å²) in [6.07, 6.45) is 1.83. The summed E-state index contributed by atoms with van der Waals surface area (Å²) < 4.78 is 1.08. The summed E-state index contributed by atoms with van der Waals surface area (Å²) in [4.78, 5) is 8.61. The van der Waals surface area contributed by atoms with Gasteiger partial charge in [0, 0.05) is 34.0 Å². The van der Waals surface area contributed by atoms with E-state index < -0.39 is 0 Å². The van der Waals surface area contributed by atoms with Gasteiger partial charge in [0.2, 0.25) is 5.95 Å². The Kier molecular flexibility index (Phi) is 3.02. The molecule has 0 fully saturated rings. The predicted octanol–water partition coefficient (Wildman–Crippen LogP) is 3.32. The first-order chi connectivity index (χ1) is 7.22. The second-order valence-corrected chi connectivity index (χ2v) is 4.71. The minimum atomic E-state index is 0.647. The summed E-state index contributed by atoms with van der Waals surface area (Å²) in [5.74, 6) is 0.647. The number of rotatable bonds is 2. The Morgan fingerprint density at radius 2 is 2.20 bits per heavy atom. The first-order valence-electron chi connectivity index (χ1n) is 4.46. The van der Waals surface area contributed by atoms with E-state index in [0.717, 1.165) is 21.3 Å². The van der Waals surface area contributed by atoms with Crippen molar-refractivity contribution in [1.82, 2.24) is 9.97 Å². The average Bonchev–Trinajstić information content (AvgIpc) is 2.65. The molecule has 3 nitrogen and oxygen atoms in total. The van der Waals surface area contributed by atoms with Crippen molar-refractivity contribution in [2.75, 3.05) is 12.4 Å². The number of aromatic nitrogens is 2. The van der Waals surface area contributed by atoms with Gasteiger partial charge in [0.1, 0.15) is 0 Å². The molecular formula is C10H10BrN3S. The van der Waals surface area contributed by atoms with Crippen molar-refractivity contribution in [3.63, 3.8) is 0 Å². The summed E-state index contributed by atoms with van der Waals surface area (Å²) in [5, 5.41) is 7.08. The van der Waals surface area contributed by atoms with Gasteiger partial charge >= 0.3 is 0 Å². The van der Waals surface area contributed by atoms with Crippen LogP contribution in [0.25, 0.3) is 11.3 Å². The predicted molar refractivity (Wildman–Crippen MR) is 67.3 cm³/mol. The number of anilines is 1. The molecule has 5 heteroatoms. The largest absolute Gasteiger partial charge is 0.357 e. The van der Waals surface area contributed by atoms with Crippen LogP contribution in [-0.2, 0) is 0 Å². The highest BCUT2D eigenvalue weighted by Crippen LogP contribution is 2.32. The molecule has 1 N–H and O–H groups in total. The lowest BCUT2D eigenvalue weighted by Crippen LogP contribution is -1.98. The van der Waals surface area contributed by atoms with Crippen LogP contribution in [0.3, 0.4) is 0 Å². The molecule has 2 aromatic heterocycles. The second kappa shape index (κ2) is 4.28. The standard InChI is InChI=1S/C10H10BrN3S/c1-6-3-13-10(12-2)14-9(6)7-4-15-5-8(7)11/h3-5H,1-2H3,(H,12,13,14). The molecule has 0 saturated heterocycles. The van der Waals surface area contributed by atoms with Crippen molar-refractivity contribution in [3.8, 4) is 11.3 Å². The van der Waals surface area contributed by atoms with Gasteiger partial charge < -0.3 is 5.32 Å². The van der Waals surface area contributed by atoms with E-state index in [9.17, 15) is 0 Å². The molecule has 0 spiro atoms. The number of hydrogen-bond donors (Lipinski definition) is 1. The van der Waals surface area contributed by atoms with Crippen LogP contribution >= 0.6 is 27.3 Å². The lowest BCUT2D eigenvalue weighted by molar-refractivity contribution is 1.12. The van der Waals surface area contributed by atoms with Crippen LogP contribution in [0, 0.1) is 6.92 Å². The van der Waals surface area contributed by atoms with Crippen molar-refractivity contribution in [1.29, 1.82) is 0 Å². The zero-order chi connectivity index (χ0) is 10.8. The minimum absolute atomic E-state index is 0.647. The van der Waals surface area contributed by atoms with Gasteiger partial charge in [-0.25, -0.2) is 9.97 Å². The highest BCUT2D eigenvalue weighted by Gasteiger charge is 2.09. The Hall–Kier alpha value is -0.940. The van der Waals surface area contributed by atoms with Gasteiger partial charge in [0.05, 0.1) is 5.69 Å². The number of hydrogen-bond acceptors (Lipinski definition) is 4. The average molecular weight is 284 g/mol. The second-order valence-electron chi connectivity index (χ2n) is 3.11. The van der Waals surface area contributed by atoms with Crippen molar-refractivity contribution in [2.24, 2.45) is 0 Å². The summed E-state index contributed by atoms with van der Waals surface area (Å²) in [6, 6.07) is 0. The molecule has 0 atom stereocenters. The Labute approximate surface area is 101 Å². The summed E-state index contributed by atoms with van der Waals surface area (Å²) >= 11 is 5.17. The van der Waals surface area contributed by atoms with E-state index in [0.29, 0.717) is 5.95 Å². The number of halogens is 1. The van der Waals surface area contributed by atoms with Gasteiger partial charge in [-0.05, 0) is 28.4 Å². The van der Waals surface area contributed by atoms with Crippen LogP contribution < -0.4 is 5.32 Å². The highest BCUT2D eigenvalue weighted by atomic mass is 79.9. The molecule has 2 aromatic rings. The van der Waals surface area contributed by atoms with Crippen LogP contribution in [0.5, 0.6) is 0 Å². The van der Waals surface area contributed by atoms with Crippen molar-refractivity contribution < 1.29 is 0 Å². The van der Waals surface area contributed by atoms with Gasteiger partial charge in [-0.1, -0.05) is 0 Å². The number of nitrogens with one attached hydrogen (secondary N) is 1. The molecule has 0 aliphatic carbocycles. The fourth-order valence-corrected chi connectivity index (χ4v) is 2.75. The molecule has 0 amide bonds. The topological polar surface area (TPSA) is 37.8 Å². The van der Waals surface area contributed by atoms with Gasteiger partial charge in [-0.15, -0.1) is 0 Å². The quantitative estimate of drug-likeness (QED) is 0.919. The number of nitrogens with zero attached hydrogens (tertiary/aromatic N) is 2. The van der Waals surface area contributed by atoms with E-state index in [1.807, 2.05) is 20.2 Å². The maximum atomic E-state index is 4.45. The molecule has 0 saturated carbocycles. The molecular weight excluding hydrogens is 274 g/mol. The van der Waals surface area contributed by atoms with E-state index >= 15 is 0 Å². The molecule has 2 heterocycles. The SMILES string of the molecule is CNc1ncc(C)c(-c2cscc2Br)n1. The Balaban J connectivity index is 2.56. The summed E-state index contributed by atoms with van der Waals surface area (Å²) in [5.41, 5.74) is 3.17. The third kappa shape index (κ3) is 2.03. The van der Waals surface area contributed by atoms with Gasteiger partial charge in [0.15, 0.2) is 0 Å². The molecule has 0 unspecified atom stereocenters. The lowest BCUT2D eigenvalue weighted by atomic mass is 10.1. The van der Waals surface area contributed by atoms with Gasteiger partial charge in [0.25, 0.3) is 0 Å². The van der Waals surface area contributed by atoms with E-state index in [1.165, 1.54) is 0 Å². The fourth-order valence-electron chi connectivity index (χ4n) is 1.29. The normalized spacial score (nSPS) is 10.3. The van der Waals surface area contributed by atoms with Crippen LogP contribution in [-0.4, -0.2) is 17.0 Å². The van der Waals surface area contributed by atoms with Crippen LogP contribution in [0.15, 0.2) is 21.4 Å². The molecule has 0 bridgehead atoms. The minimum Gasteiger partial charge on any atom is -0.357 e. The number of thiophene rings is 1. The van der Waals surface area contributed by atoms with E-state index in [2.05, 4.69) is 42.0 Å². The number of aryl methyl sites for hydroxylation is 1. The molecule has 15 heavy (non-hydrogen) atoms. The molecule has 0 aliphatic heterocycles. The molecule has 0 radical (unpaired) electrons. The van der Waals surface area contributed by atoms with Gasteiger partial charge in [-0.2, -0.15) is 11.3 Å². The van der Waals surface area contributed by atoms with Crippen molar-refractivity contribution in [2.45, 2.75) is 6.92 Å². The Bertz CT molecular complexity index is 481. The molecule has 78 valence electrons. The van der Waals surface area contributed by atoms with Crippen molar-refractivity contribution in [3.05, 3.63) is 27.0 Å².